The minimum atomic E-state index is 0.0805. The molecule has 1 atom stereocenters. The molecule has 2 aromatic rings. The lowest BCUT2D eigenvalue weighted by molar-refractivity contribution is -0.116. The van der Waals surface area contributed by atoms with Gasteiger partial charge in [-0.15, -0.1) is 11.3 Å². The molecular formula is C16H23N3OS. The van der Waals surface area contributed by atoms with Gasteiger partial charge in [-0.25, -0.2) is 4.98 Å². The Morgan fingerprint density at radius 3 is 3.00 bits per heavy atom. The predicted molar refractivity (Wildman–Crippen MR) is 89.6 cm³/mol. The number of anilines is 1. The van der Waals surface area contributed by atoms with Crippen LogP contribution in [0.4, 0.5) is 5.69 Å². The van der Waals surface area contributed by atoms with Crippen molar-refractivity contribution in [2.45, 2.75) is 39.0 Å². The first-order valence-corrected chi connectivity index (χ1v) is 8.44. The fourth-order valence-electron chi connectivity index (χ4n) is 2.57. The molecule has 1 aromatic heterocycles. The number of amides is 1. The van der Waals surface area contributed by atoms with E-state index in [-0.39, 0.29) is 5.91 Å². The summed E-state index contributed by atoms with van der Waals surface area (Å²) in [7, 11) is 0. The van der Waals surface area contributed by atoms with E-state index in [0.717, 1.165) is 41.6 Å². The number of hydrogen-bond donors (Lipinski definition) is 2. The highest BCUT2D eigenvalue weighted by Gasteiger charge is 2.10. The maximum Gasteiger partial charge on any atom is 0.224 e. The van der Waals surface area contributed by atoms with Gasteiger partial charge in [-0.2, -0.15) is 0 Å². The largest absolute Gasteiger partial charge is 0.330 e. The van der Waals surface area contributed by atoms with E-state index < -0.39 is 0 Å². The molecule has 0 radical (unpaired) electrons. The Bertz CT molecular complexity index is 576. The van der Waals surface area contributed by atoms with Crippen LogP contribution in [-0.4, -0.2) is 17.4 Å². The molecule has 0 saturated heterocycles. The molecule has 4 nitrogen and oxygen atoms in total. The van der Waals surface area contributed by atoms with Crippen LogP contribution in [0.3, 0.4) is 0 Å². The van der Waals surface area contributed by atoms with Crippen LogP contribution in [0.1, 0.15) is 39.0 Å². The summed E-state index contributed by atoms with van der Waals surface area (Å²) in [5.41, 5.74) is 9.27. The van der Waals surface area contributed by atoms with Gasteiger partial charge in [0.2, 0.25) is 5.91 Å². The molecule has 5 heteroatoms. The van der Waals surface area contributed by atoms with Crippen molar-refractivity contribution in [1.29, 1.82) is 0 Å². The lowest BCUT2D eigenvalue weighted by Gasteiger charge is -2.14. The Balaban J connectivity index is 1.85. The Kier molecular flexibility index (Phi) is 6.14. The van der Waals surface area contributed by atoms with Crippen LogP contribution in [0.15, 0.2) is 23.7 Å². The molecule has 1 amide bonds. The molecule has 3 N–H and O–H groups in total. The second-order valence-corrected chi connectivity index (χ2v) is 6.24. The van der Waals surface area contributed by atoms with Gasteiger partial charge < -0.3 is 11.1 Å². The highest BCUT2D eigenvalue weighted by atomic mass is 32.1. The van der Waals surface area contributed by atoms with Crippen molar-refractivity contribution >= 4 is 33.1 Å². The van der Waals surface area contributed by atoms with Gasteiger partial charge in [0.15, 0.2) is 0 Å². The Morgan fingerprint density at radius 2 is 2.24 bits per heavy atom. The zero-order valence-corrected chi connectivity index (χ0v) is 13.3. The van der Waals surface area contributed by atoms with Crippen molar-refractivity contribution in [3.8, 4) is 0 Å². The number of nitrogens with one attached hydrogen (secondary N) is 1. The van der Waals surface area contributed by atoms with E-state index in [4.69, 9.17) is 5.73 Å². The number of rotatable bonds is 8. The third kappa shape index (κ3) is 4.79. The van der Waals surface area contributed by atoms with Crippen LogP contribution in [0, 0.1) is 5.92 Å². The molecule has 21 heavy (non-hydrogen) atoms. The summed E-state index contributed by atoms with van der Waals surface area (Å²) >= 11 is 1.58. The molecule has 1 heterocycles. The minimum Gasteiger partial charge on any atom is -0.330 e. The maximum absolute atomic E-state index is 12.0. The summed E-state index contributed by atoms with van der Waals surface area (Å²) in [5, 5.41) is 2.97. The Hall–Kier alpha value is -1.46. The average Bonchev–Trinajstić information content (AvgIpc) is 2.93. The van der Waals surface area contributed by atoms with Gasteiger partial charge in [0.1, 0.15) is 0 Å². The van der Waals surface area contributed by atoms with Crippen LogP contribution in [0.5, 0.6) is 0 Å². The number of fused-ring (bicyclic) bond motifs is 1. The predicted octanol–water partition coefficient (Wildman–Crippen LogP) is 3.78. The molecule has 1 unspecified atom stereocenters. The quantitative estimate of drug-likeness (QED) is 0.780. The number of thiazole rings is 1. The number of hydrogen-bond acceptors (Lipinski definition) is 4. The molecule has 0 bridgehead atoms. The van der Waals surface area contributed by atoms with Gasteiger partial charge >= 0.3 is 0 Å². The lowest BCUT2D eigenvalue weighted by atomic mass is 9.94. The lowest BCUT2D eigenvalue weighted by Crippen LogP contribution is -2.15. The van der Waals surface area contributed by atoms with Crippen LogP contribution in [0.2, 0.25) is 0 Å². The molecule has 2 rings (SSSR count). The molecule has 0 aliphatic heterocycles. The monoisotopic (exact) mass is 305 g/mol. The molecule has 0 spiro atoms. The van der Waals surface area contributed by atoms with Crippen LogP contribution < -0.4 is 11.1 Å². The van der Waals surface area contributed by atoms with Gasteiger partial charge in [-0.3, -0.25) is 4.79 Å². The topological polar surface area (TPSA) is 68.0 Å². The van der Waals surface area contributed by atoms with E-state index in [1.54, 1.807) is 11.3 Å². The summed E-state index contributed by atoms with van der Waals surface area (Å²) in [5.74, 6) is 0.645. The standard InChI is InChI=1S/C16H23N3OS/c1-2-3-12(8-9-17)4-7-16(20)19-13-5-6-14-15(10-13)21-11-18-14/h5-6,10-12H,2-4,7-9,17H2,1H3,(H,19,20). The summed E-state index contributed by atoms with van der Waals surface area (Å²) < 4.78 is 1.10. The maximum atomic E-state index is 12.0. The summed E-state index contributed by atoms with van der Waals surface area (Å²) in [4.78, 5) is 16.3. The number of nitrogens with zero attached hydrogens (tertiary/aromatic N) is 1. The van der Waals surface area contributed by atoms with Crippen molar-refractivity contribution in [3.05, 3.63) is 23.7 Å². The van der Waals surface area contributed by atoms with Gasteiger partial charge in [-0.05, 0) is 43.5 Å². The molecular weight excluding hydrogens is 282 g/mol. The third-order valence-electron chi connectivity index (χ3n) is 3.67. The van der Waals surface area contributed by atoms with Crippen LogP contribution in [-0.2, 0) is 4.79 Å². The van der Waals surface area contributed by atoms with Crippen LogP contribution >= 0.6 is 11.3 Å². The zero-order chi connectivity index (χ0) is 15.1. The van der Waals surface area contributed by atoms with Gasteiger partial charge in [-0.1, -0.05) is 19.8 Å². The van der Waals surface area contributed by atoms with E-state index in [1.807, 2.05) is 23.7 Å². The van der Waals surface area contributed by atoms with E-state index in [2.05, 4.69) is 17.2 Å². The highest BCUT2D eigenvalue weighted by molar-refractivity contribution is 7.16. The molecule has 0 aliphatic rings. The van der Waals surface area contributed by atoms with Gasteiger partial charge in [0.25, 0.3) is 0 Å². The van der Waals surface area contributed by atoms with E-state index in [0.29, 0.717) is 18.9 Å². The first-order valence-electron chi connectivity index (χ1n) is 7.56. The average molecular weight is 305 g/mol. The second kappa shape index (κ2) is 8.10. The van der Waals surface area contributed by atoms with Crippen molar-refractivity contribution in [2.24, 2.45) is 11.7 Å². The van der Waals surface area contributed by atoms with Crippen molar-refractivity contribution < 1.29 is 4.79 Å². The number of nitrogens with two attached hydrogens (primary N) is 1. The number of carbonyl (C=O) groups is 1. The Labute approximate surface area is 129 Å². The fourth-order valence-corrected chi connectivity index (χ4v) is 3.28. The highest BCUT2D eigenvalue weighted by Crippen LogP contribution is 2.22. The SMILES string of the molecule is CCCC(CCN)CCC(=O)Nc1ccc2ncsc2c1. The summed E-state index contributed by atoms with van der Waals surface area (Å²) in [6, 6.07) is 5.83. The van der Waals surface area contributed by atoms with Crippen molar-refractivity contribution in [1.82, 2.24) is 4.98 Å². The Morgan fingerprint density at radius 1 is 1.38 bits per heavy atom. The minimum absolute atomic E-state index is 0.0805. The number of aromatic nitrogens is 1. The fraction of sp³-hybridized carbons (Fsp3) is 0.500. The first kappa shape index (κ1) is 15.9. The molecule has 0 aliphatic carbocycles. The number of carbonyl (C=O) groups excluding carboxylic acids is 1. The molecule has 114 valence electrons. The normalized spacial score (nSPS) is 12.5. The van der Waals surface area contributed by atoms with Crippen molar-refractivity contribution in [3.63, 3.8) is 0 Å². The second-order valence-electron chi connectivity index (χ2n) is 5.35. The molecule has 0 fully saturated rings. The smallest absolute Gasteiger partial charge is 0.224 e. The third-order valence-corrected chi connectivity index (χ3v) is 4.46. The van der Waals surface area contributed by atoms with E-state index >= 15 is 0 Å². The van der Waals surface area contributed by atoms with Gasteiger partial charge in [0, 0.05) is 12.1 Å². The van der Waals surface area contributed by atoms with Crippen LogP contribution in [0.25, 0.3) is 10.2 Å². The number of benzene rings is 1. The van der Waals surface area contributed by atoms with E-state index in [9.17, 15) is 4.79 Å². The van der Waals surface area contributed by atoms with Crippen molar-refractivity contribution in [2.75, 3.05) is 11.9 Å². The molecule has 0 saturated carbocycles. The summed E-state index contributed by atoms with van der Waals surface area (Å²) in [6.07, 6.45) is 4.78. The van der Waals surface area contributed by atoms with E-state index in [1.165, 1.54) is 0 Å². The first-order chi connectivity index (χ1) is 10.2. The molecule has 1 aromatic carbocycles. The van der Waals surface area contributed by atoms with Gasteiger partial charge in [0.05, 0.1) is 15.7 Å². The summed E-state index contributed by atoms with van der Waals surface area (Å²) in [6.45, 7) is 2.88. The zero-order valence-electron chi connectivity index (χ0n) is 12.5.